The van der Waals surface area contributed by atoms with E-state index in [1.165, 1.54) is 0 Å². The molecule has 7 aromatic heterocycles. The summed E-state index contributed by atoms with van der Waals surface area (Å²) in [7, 11) is 0. The Kier molecular flexibility index (Phi) is 8.98. The summed E-state index contributed by atoms with van der Waals surface area (Å²) in [6.45, 7) is -0.136. The number of hydrogen-bond donors (Lipinski definition) is 3. The first-order valence-corrected chi connectivity index (χ1v) is 16.7. The van der Waals surface area contributed by atoms with Gasteiger partial charge in [0, 0.05) is 93.6 Å². The molecule has 0 fully saturated rings. The molecular formula is C42H29IN8O2. The Morgan fingerprint density at radius 3 is 1.09 bits per heavy atom. The van der Waals surface area contributed by atoms with Gasteiger partial charge in [0.2, 0.25) is 6.54 Å². The molecule has 3 N–H and O–H groups in total. The number of pyridine rings is 4. The lowest BCUT2D eigenvalue weighted by atomic mass is 10.0. The molecule has 2 aliphatic rings. The molecule has 10 nitrogen and oxygen atoms in total. The molecule has 53 heavy (non-hydrogen) atoms. The van der Waals surface area contributed by atoms with E-state index >= 15 is 0 Å². The predicted octanol–water partition coefficient (Wildman–Crippen LogP) is 4.88. The zero-order chi connectivity index (χ0) is 35.0. The third kappa shape index (κ3) is 6.42. The van der Waals surface area contributed by atoms with Crippen LogP contribution in [0.1, 0.15) is 22.8 Å². The minimum Gasteiger partial charge on any atom is -1.00 e. The van der Waals surface area contributed by atoms with Crippen LogP contribution in [-0.4, -0.2) is 46.0 Å². The maximum atomic E-state index is 11.4. The maximum Gasteiger partial charge on any atom is 0.370 e. The lowest BCUT2D eigenvalue weighted by Gasteiger charge is -2.06. The number of aliphatic carboxylic acids is 1. The van der Waals surface area contributed by atoms with Gasteiger partial charge in [-0.15, -0.1) is 0 Å². The van der Waals surface area contributed by atoms with Crippen molar-refractivity contribution in [1.29, 1.82) is 0 Å². The summed E-state index contributed by atoms with van der Waals surface area (Å²) in [4.78, 5) is 42.3. The van der Waals surface area contributed by atoms with Gasteiger partial charge in [0.15, 0.2) is 12.4 Å². The molecule has 0 aromatic carbocycles. The summed E-state index contributed by atoms with van der Waals surface area (Å²) in [5.74, 6) is -0.910. The normalized spacial score (nSPS) is 11.7. The summed E-state index contributed by atoms with van der Waals surface area (Å²) in [5.41, 5.74) is 14.1. The standard InChI is InChI=1S/C42H28N8O2.HI/c51-38(52)25-50-23-15-29(16-24-50)42-36-7-5-34(48-36)40(27-11-19-44-20-12-27)32-3-1-30(46-32)39(26-9-17-43-18-10-26)31-2-4-33(47-31)41(28-13-21-45-22-14-28)35-6-8-37(42)49-35;/h1-24H,25H2,(H2,46,47,48,49,51,52);1H. The van der Waals surface area contributed by atoms with E-state index in [-0.39, 0.29) is 30.5 Å². The van der Waals surface area contributed by atoms with Gasteiger partial charge in [-0.25, -0.2) is 14.8 Å². The summed E-state index contributed by atoms with van der Waals surface area (Å²) >= 11 is 0. The number of hydrogen-bond acceptors (Lipinski definition) is 6. The average Bonchev–Trinajstić information content (AvgIpc) is 4.01. The molecule has 0 amide bonds. The van der Waals surface area contributed by atoms with E-state index in [1.54, 1.807) is 54.1 Å². The molecule has 0 atom stereocenters. The number of aromatic amines is 2. The minimum absolute atomic E-state index is 0. The van der Waals surface area contributed by atoms with Crippen LogP contribution in [0.25, 0.3) is 90.9 Å². The van der Waals surface area contributed by atoms with Gasteiger partial charge in [-0.2, -0.15) is 4.57 Å². The quantitative estimate of drug-likeness (QED) is 0.161. The van der Waals surface area contributed by atoms with Crippen molar-refractivity contribution in [2.24, 2.45) is 0 Å². The SMILES string of the molecule is O=C(O)C[n+]1ccc(-c2c3nc(c(-c4ccncc4)c4ccc([nH]4)c(-c4ccncc4)c4nc(c(-c5ccncc5)c5ccc2[nH]5)C=C4)C=C3)cc1.[I-]. The molecule has 7 aromatic rings. The molecular weight excluding hydrogens is 775 g/mol. The summed E-state index contributed by atoms with van der Waals surface area (Å²) in [6, 6.07) is 24.1. The number of nitrogens with one attached hydrogen (secondary N) is 2. The third-order valence-corrected chi connectivity index (χ3v) is 9.16. The number of aromatic nitrogens is 8. The number of carboxylic acid groups (broad SMARTS) is 1. The Balaban J connectivity index is 0.00000400. The number of halogens is 1. The van der Waals surface area contributed by atoms with E-state index in [0.29, 0.717) is 0 Å². The summed E-state index contributed by atoms with van der Waals surface area (Å²) in [6.07, 6.45) is 22.4. The summed E-state index contributed by atoms with van der Waals surface area (Å²) in [5, 5.41) is 9.38. The van der Waals surface area contributed by atoms with Crippen molar-refractivity contribution in [3.8, 4) is 44.5 Å². The van der Waals surface area contributed by atoms with Gasteiger partial charge in [0.1, 0.15) is 0 Å². The monoisotopic (exact) mass is 804 g/mol. The molecule has 0 aliphatic carbocycles. The van der Waals surface area contributed by atoms with Gasteiger partial charge >= 0.3 is 5.97 Å². The first-order valence-electron chi connectivity index (χ1n) is 16.7. The van der Waals surface area contributed by atoms with Gasteiger partial charge in [0.05, 0.1) is 22.8 Å². The Bertz CT molecular complexity index is 2690. The highest BCUT2D eigenvalue weighted by Crippen LogP contribution is 2.37. The van der Waals surface area contributed by atoms with Crippen LogP contribution < -0.4 is 28.5 Å². The van der Waals surface area contributed by atoms with Crippen LogP contribution in [0, 0.1) is 0 Å². The maximum absolute atomic E-state index is 11.4. The van der Waals surface area contributed by atoms with E-state index in [2.05, 4.69) is 61.3 Å². The zero-order valence-corrected chi connectivity index (χ0v) is 30.1. The molecule has 0 unspecified atom stereocenters. The molecule has 9 heterocycles. The smallest absolute Gasteiger partial charge is 0.370 e. The second-order valence-corrected chi connectivity index (χ2v) is 12.4. The number of carbonyl (C=O) groups is 1. The average molecular weight is 805 g/mol. The van der Waals surface area contributed by atoms with E-state index in [4.69, 9.17) is 9.97 Å². The van der Waals surface area contributed by atoms with Crippen LogP contribution in [-0.2, 0) is 11.3 Å². The fraction of sp³-hybridized carbons (Fsp3) is 0.0238. The summed E-state index contributed by atoms with van der Waals surface area (Å²) < 4.78 is 1.63. The highest BCUT2D eigenvalue weighted by atomic mass is 127. The third-order valence-electron chi connectivity index (χ3n) is 9.16. The topological polar surface area (TPSA) is 137 Å². The second kappa shape index (κ2) is 14.2. The van der Waals surface area contributed by atoms with Crippen LogP contribution in [0.4, 0.5) is 0 Å². The molecule has 0 radical (unpaired) electrons. The van der Waals surface area contributed by atoms with Gasteiger partial charge in [-0.05, 0) is 107 Å². The van der Waals surface area contributed by atoms with E-state index in [0.717, 1.165) is 89.4 Å². The van der Waals surface area contributed by atoms with Crippen LogP contribution in [0.5, 0.6) is 0 Å². The van der Waals surface area contributed by atoms with Crippen molar-refractivity contribution in [2.75, 3.05) is 0 Å². The van der Waals surface area contributed by atoms with Gasteiger partial charge in [0.25, 0.3) is 0 Å². The fourth-order valence-corrected chi connectivity index (χ4v) is 6.86. The van der Waals surface area contributed by atoms with Crippen molar-refractivity contribution in [3.63, 3.8) is 0 Å². The Morgan fingerprint density at radius 2 is 0.792 bits per heavy atom. The number of carboxylic acids is 1. The van der Waals surface area contributed by atoms with Crippen molar-refractivity contribution in [3.05, 3.63) is 145 Å². The van der Waals surface area contributed by atoms with Crippen LogP contribution >= 0.6 is 0 Å². The first-order chi connectivity index (χ1) is 25.6. The highest BCUT2D eigenvalue weighted by Gasteiger charge is 2.19. The number of fused-ring (bicyclic) bond motifs is 8. The van der Waals surface area contributed by atoms with Crippen molar-refractivity contribution in [2.45, 2.75) is 6.54 Å². The number of H-pyrrole nitrogens is 2. The number of nitrogens with zero attached hydrogens (tertiary/aromatic N) is 6. The van der Waals surface area contributed by atoms with Crippen molar-refractivity contribution in [1.82, 2.24) is 34.9 Å². The zero-order valence-electron chi connectivity index (χ0n) is 28.0. The molecule has 11 heteroatoms. The molecule has 9 rings (SSSR count). The Labute approximate surface area is 320 Å². The van der Waals surface area contributed by atoms with Gasteiger partial charge < -0.3 is 39.1 Å². The highest BCUT2D eigenvalue weighted by molar-refractivity contribution is 5.99. The molecule has 0 saturated carbocycles. The Hall–Kier alpha value is -6.60. The Morgan fingerprint density at radius 1 is 0.491 bits per heavy atom. The molecule has 0 saturated heterocycles. The lowest BCUT2D eigenvalue weighted by Crippen LogP contribution is -3.00. The van der Waals surface area contributed by atoms with Crippen LogP contribution in [0.2, 0.25) is 0 Å². The van der Waals surface area contributed by atoms with E-state index < -0.39 is 5.97 Å². The van der Waals surface area contributed by atoms with Gasteiger partial charge in [-0.3, -0.25) is 15.0 Å². The molecule has 2 aliphatic heterocycles. The van der Waals surface area contributed by atoms with Crippen molar-refractivity contribution >= 4 is 52.3 Å². The van der Waals surface area contributed by atoms with Gasteiger partial charge in [-0.1, -0.05) is 0 Å². The van der Waals surface area contributed by atoms with Crippen molar-refractivity contribution < 1.29 is 38.4 Å². The van der Waals surface area contributed by atoms with Crippen LogP contribution in [0.15, 0.2) is 122 Å². The van der Waals surface area contributed by atoms with E-state index in [9.17, 15) is 9.90 Å². The largest absolute Gasteiger partial charge is 1.00 e. The predicted molar refractivity (Wildman–Crippen MR) is 202 cm³/mol. The molecule has 256 valence electrons. The number of rotatable bonds is 6. The van der Waals surface area contributed by atoms with E-state index in [1.807, 2.05) is 60.7 Å². The lowest BCUT2D eigenvalue weighted by molar-refractivity contribution is -0.685. The first kappa shape index (κ1) is 33.5. The minimum atomic E-state index is -0.910. The second-order valence-electron chi connectivity index (χ2n) is 12.4. The van der Waals surface area contributed by atoms with Crippen LogP contribution in [0.3, 0.4) is 0 Å². The molecule has 8 bridgehead atoms. The fourth-order valence-electron chi connectivity index (χ4n) is 6.86. The molecule has 0 spiro atoms.